The summed E-state index contributed by atoms with van der Waals surface area (Å²) < 4.78 is 11.4. The van der Waals surface area contributed by atoms with Gasteiger partial charge >= 0.3 is 19.1 Å². The summed E-state index contributed by atoms with van der Waals surface area (Å²) in [5.74, 6) is -2.92. The van der Waals surface area contributed by atoms with Crippen LogP contribution in [0.2, 0.25) is 0 Å². The number of amides is 2. The molecule has 3 heterocycles. The molecule has 0 unspecified atom stereocenters. The maximum atomic E-state index is 13.7. The van der Waals surface area contributed by atoms with Crippen LogP contribution >= 0.6 is 0 Å². The van der Waals surface area contributed by atoms with Crippen molar-refractivity contribution in [2.24, 2.45) is 5.92 Å². The number of piperazine rings is 1. The first-order valence-electron chi connectivity index (χ1n) is 13.3. The predicted octanol–water partition coefficient (Wildman–Crippen LogP) is 0.0904. The number of benzene rings is 1. The number of fused-ring (bicyclic) bond motifs is 2. The van der Waals surface area contributed by atoms with E-state index in [2.05, 4.69) is 20.6 Å². The van der Waals surface area contributed by atoms with Crippen LogP contribution in [0.1, 0.15) is 36.3 Å². The van der Waals surface area contributed by atoms with Crippen LogP contribution in [0.5, 0.6) is 0 Å². The Bertz CT molecular complexity index is 1170. The number of hydrogen-bond donors (Lipinski definition) is 2. The third kappa shape index (κ3) is 7.22. The Kier molecular flexibility index (Phi) is 9.48. The maximum absolute atomic E-state index is 13.7. The molecular formula is C27H35BN6O6. The number of hydrogen-bond acceptors (Lipinski definition) is 10. The molecule has 0 aliphatic carbocycles. The normalized spacial score (nSPS) is 21.5. The van der Waals surface area contributed by atoms with E-state index < -0.39 is 54.9 Å². The minimum absolute atomic E-state index is 0.0585. The Morgan fingerprint density at radius 2 is 1.68 bits per heavy atom. The molecule has 2 N–H and O–H groups in total. The highest BCUT2D eigenvalue weighted by Gasteiger charge is 2.49. The van der Waals surface area contributed by atoms with Crippen LogP contribution < -0.4 is 10.6 Å². The zero-order valence-electron chi connectivity index (χ0n) is 23.1. The maximum Gasteiger partial charge on any atom is 0.622 e. The number of carbonyl (C=O) groups excluding carboxylic acids is 4. The molecule has 2 fully saturated rings. The summed E-state index contributed by atoms with van der Waals surface area (Å²) >= 11 is 0. The van der Waals surface area contributed by atoms with E-state index in [1.165, 1.54) is 18.6 Å². The second-order valence-electron chi connectivity index (χ2n) is 10.7. The van der Waals surface area contributed by atoms with E-state index in [-0.39, 0.29) is 18.0 Å². The fraction of sp³-hybridized carbons (Fsp3) is 0.481. The van der Waals surface area contributed by atoms with Gasteiger partial charge in [-0.05, 0) is 32.0 Å². The zero-order chi connectivity index (χ0) is 28.8. The lowest BCUT2D eigenvalue weighted by molar-refractivity contribution is -0.159. The SMILES string of the molecule is CC(C)C[C@H](NC(=O)[C@H](Cc1ccccc1)NC(=O)c1cnccn1)B1OC(=O)[C@H]2CN(C)C[C@@H](C(=O)O1)N2C. The van der Waals surface area contributed by atoms with Crippen molar-refractivity contribution < 1.29 is 28.5 Å². The molecule has 2 aliphatic rings. The molecular weight excluding hydrogens is 515 g/mol. The molecule has 2 saturated heterocycles. The fourth-order valence-corrected chi connectivity index (χ4v) is 4.93. The van der Waals surface area contributed by atoms with Crippen molar-refractivity contribution in [1.82, 2.24) is 30.4 Å². The van der Waals surface area contributed by atoms with E-state index in [0.29, 0.717) is 19.5 Å². The molecule has 0 saturated carbocycles. The molecule has 13 heteroatoms. The topological polar surface area (TPSA) is 143 Å². The number of carbonyl (C=O) groups is 4. The molecule has 0 spiro atoms. The van der Waals surface area contributed by atoms with E-state index >= 15 is 0 Å². The predicted molar refractivity (Wildman–Crippen MR) is 146 cm³/mol. The Hall–Kier alpha value is -3.84. The molecule has 2 bridgehead atoms. The number of rotatable bonds is 9. The fourth-order valence-electron chi connectivity index (χ4n) is 4.93. The van der Waals surface area contributed by atoms with Crippen LogP contribution in [0.15, 0.2) is 48.9 Å². The highest BCUT2D eigenvalue weighted by atomic mass is 16.6. The van der Waals surface area contributed by atoms with Crippen LogP contribution in [0, 0.1) is 5.92 Å². The van der Waals surface area contributed by atoms with Gasteiger partial charge in [-0.15, -0.1) is 0 Å². The second kappa shape index (κ2) is 13.0. The van der Waals surface area contributed by atoms with Crippen LogP contribution in [0.4, 0.5) is 0 Å². The molecule has 2 aliphatic heterocycles. The molecule has 40 heavy (non-hydrogen) atoms. The first-order valence-corrected chi connectivity index (χ1v) is 13.3. The van der Waals surface area contributed by atoms with Crippen LogP contribution in [-0.4, -0.2) is 102 Å². The highest BCUT2D eigenvalue weighted by molar-refractivity contribution is 6.51. The smallest absolute Gasteiger partial charge is 0.497 e. The molecule has 212 valence electrons. The summed E-state index contributed by atoms with van der Waals surface area (Å²) in [4.78, 5) is 64.4. The Balaban J connectivity index is 1.56. The molecule has 12 nitrogen and oxygen atoms in total. The van der Waals surface area contributed by atoms with Crippen molar-refractivity contribution >= 4 is 30.9 Å². The van der Waals surface area contributed by atoms with Gasteiger partial charge in [-0.2, -0.15) is 0 Å². The van der Waals surface area contributed by atoms with E-state index in [4.69, 9.17) is 9.31 Å². The van der Waals surface area contributed by atoms with Crippen LogP contribution in [0.3, 0.4) is 0 Å². The molecule has 2 amide bonds. The average Bonchev–Trinajstić information content (AvgIpc) is 2.93. The zero-order valence-corrected chi connectivity index (χ0v) is 23.1. The Labute approximate surface area is 234 Å². The first-order chi connectivity index (χ1) is 19.1. The summed E-state index contributed by atoms with van der Waals surface area (Å²) in [5.41, 5.74) is 0.891. The van der Waals surface area contributed by atoms with Gasteiger partial charge in [0, 0.05) is 31.9 Å². The van der Waals surface area contributed by atoms with Crippen molar-refractivity contribution in [3.8, 4) is 0 Å². The summed E-state index contributed by atoms with van der Waals surface area (Å²) in [5, 5.41) is 5.65. The monoisotopic (exact) mass is 550 g/mol. The van der Waals surface area contributed by atoms with Gasteiger partial charge in [0.25, 0.3) is 5.91 Å². The molecule has 4 rings (SSSR count). The minimum atomic E-state index is -1.32. The van der Waals surface area contributed by atoms with Crippen molar-refractivity contribution in [3.05, 3.63) is 60.2 Å². The second-order valence-corrected chi connectivity index (χ2v) is 10.7. The lowest BCUT2D eigenvalue weighted by Crippen LogP contribution is -2.66. The van der Waals surface area contributed by atoms with Crippen molar-refractivity contribution in [2.45, 2.75) is 50.8 Å². The standard InChI is InChI=1S/C27H35BN6O6/c1-17(2)12-23(28-39-26(37)21-15-33(3)16-22(34(21)4)27(38)40-28)32-24(35)19(13-18-8-6-5-7-9-18)31-25(36)20-14-29-10-11-30-20/h5-11,14,17,19,21-23H,12-13,15-16H2,1-4H3,(H,31,36)(H,32,35)/t19-,21-,22+,23-/m0/s1. The molecule has 1 aromatic carbocycles. The lowest BCUT2D eigenvalue weighted by Gasteiger charge is -2.43. The van der Waals surface area contributed by atoms with E-state index in [9.17, 15) is 19.2 Å². The third-order valence-electron chi connectivity index (χ3n) is 7.04. The van der Waals surface area contributed by atoms with E-state index in [0.717, 1.165) is 5.56 Å². The van der Waals surface area contributed by atoms with Gasteiger partial charge in [-0.25, -0.2) is 4.98 Å². The minimum Gasteiger partial charge on any atom is -0.497 e. The van der Waals surface area contributed by atoms with E-state index in [1.54, 1.807) is 11.9 Å². The number of aromatic nitrogens is 2. The molecule has 1 aromatic heterocycles. The number of nitrogens with zero attached hydrogens (tertiary/aromatic N) is 4. The van der Waals surface area contributed by atoms with Gasteiger partial charge in [0.2, 0.25) is 5.91 Å². The van der Waals surface area contributed by atoms with Gasteiger partial charge in [-0.1, -0.05) is 44.2 Å². The van der Waals surface area contributed by atoms with Crippen molar-refractivity contribution in [2.75, 3.05) is 27.2 Å². The van der Waals surface area contributed by atoms with Gasteiger partial charge < -0.3 is 24.8 Å². The van der Waals surface area contributed by atoms with Gasteiger partial charge in [-0.3, -0.25) is 29.1 Å². The molecule has 2 aromatic rings. The molecule has 4 atom stereocenters. The molecule has 0 radical (unpaired) electrons. The van der Waals surface area contributed by atoms with Crippen molar-refractivity contribution in [1.29, 1.82) is 0 Å². The summed E-state index contributed by atoms with van der Waals surface area (Å²) in [6.45, 7) is 4.70. The van der Waals surface area contributed by atoms with E-state index in [1.807, 2.05) is 56.1 Å². The van der Waals surface area contributed by atoms with Gasteiger partial charge in [0.1, 0.15) is 23.8 Å². The number of likely N-dealkylation sites (N-methyl/N-ethyl adjacent to an activating group) is 2. The number of nitrogens with one attached hydrogen (secondary N) is 2. The van der Waals surface area contributed by atoms with Gasteiger partial charge in [0.15, 0.2) is 0 Å². The lowest BCUT2D eigenvalue weighted by atomic mass is 9.73. The highest BCUT2D eigenvalue weighted by Crippen LogP contribution is 2.21. The summed E-state index contributed by atoms with van der Waals surface area (Å²) in [6.07, 6.45) is 4.70. The average molecular weight is 550 g/mol. The Morgan fingerprint density at radius 3 is 2.25 bits per heavy atom. The Morgan fingerprint density at radius 1 is 1.02 bits per heavy atom. The van der Waals surface area contributed by atoms with Crippen molar-refractivity contribution in [3.63, 3.8) is 0 Å². The first kappa shape index (κ1) is 29.2. The van der Waals surface area contributed by atoms with Gasteiger partial charge in [0.05, 0.1) is 12.1 Å². The quantitative estimate of drug-likeness (QED) is 0.413. The summed E-state index contributed by atoms with van der Waals surface area (Å²) in [7, 11) is 2.21. The van der Waals surface area contributed by atoms with Crippen LogP contribution in [0.25, 0.3) is 0 Å². The van der Waals surface area contributed by atoms with Crippen LogP contribution in [-0.2, 0) is 30.1 Å². The third-order valence-corrected chi connectivity index (χ3v) is 7.04. The largest absolute Gasteiger partial charge is 0.622 e. The summed E-state index contributed by atoms with van der Waals surface area (Å²) in [6, 6.07) is 6.96.